The lowest BCUT2D eigenvalue weighted by molar-refractivity contribution is 0.340. The molecule has 0 radical (unpaired) electrons. The van der Waals surface area contributed by atoms with Crippen molar-refractivity contribution in [2.75, 3.05) is 6.61 Å². The van der Waals surface area contributed by atoms with E-state index in [1.165, 1.54) is 12.1 Å². The molecule has 20 heavy (non-hydrogen) atoms. The molecule has 2 aromatic carbocycles. The quantitative estimate of drug-likeness (QED) is 0.602. The van der Waals surface area contributed by atoms with Crippen LogP contribution in [-0.4, -0.2) is 19.0 Å². The summed E-state index contributed by atoms with van der Waals surface area (Å²) in [6, 6.07) is 13.6. The fraction of sp³-hybridized carbons (Fsp3) is 0.125. The Kier molecular flexibility index (Phi) is 5.00. The molecule has 0 N–H and O–H groups in total. The van der Waals surface area contributed by atoms with Crippen LogP contribution in [0.2, 0.25) is 0 Å². The first kappa shape index (κ1) is 13.9. The van der Waals surface area contributed by atoms with E-state index in [-0.39, 0.29) is 5.82 Å². The maximum Gasteiger partial charge on any atom is 0.123 e. The van der Waals surface area contributed by atoms with Crippen LogP contribution >= 0.6 is 0 Å². The summed E-state index contributed by atoms with van der Waals surface area (Å²) in [7, 11) is 0. The fourth-order valence-electron chi connectivity index (χ4n) is 1.57. The Morgan fingerprint density at radius 1 is 0.900 bits per heavy atom. The number of hydrogen-bond donors (Lipinski definition) is 0. The van der Waals surface area contributed by atoms with E-state index in [4.69, 9.17) is 4.74 Å². The SMILES string of the molecule is CCOc1ccc(C=NN=Cc2ccc(F)cc2)cc1. The van der Waals surface area contributed by atoms with Crippen LogP contribution in [0.3, 0.4) is 0 Å². The summed E-state index contributed by atoms with van der Waals surface area (Å²) in [5, 5.41) is 7.86. The zero-order valence-corrected chi connectivity index (χ0v) is 11.2. The van der Waals surface area contributed by atoms with Crippen molar-refractivity contribution < 1.29 is 9.13 Å². The van der Waals surface area contributed by atoms with Crippen molar-refractivity contribution in [1.29, 1.82) is 0 Å². The van der Waals surface area contributed by atoms with E-state index in [1.807, 2.05) is 31.2 Å². The molecule has 0 unspecified atom stereocenters. The first-order chi connectivity index (χ1) is 9.78. The lowest BCUT2D eigenvalue weighted by Crippen LogP contribution is -1.91. The highest BCUT2D eigenvalue weighted by Gasteiger charge is 1.92. The lowest BCUT2D eigenvalue weighted by Gasteiger charge is -2.01. The second kappa shape index (κ2) is 7.19. The Balaban J connectivity index is 1.94. The molecule has 0 bridgehead atoms. The predicted octanol–water partition coefficient (Wildman–Crippen LogP) is 3.68. The number of halogens is 1. The van der Waals surface area contributed by atoms with Crippen LogP contribution in [0, 0.1) is 5.82 Å². The van der Waals surface area contributed by atoms with E-state index in [1.54, 1.807) is 24.6 Å². The molecule has 2 rings (SSSR count). The average Bonchev–Trinajstić information content (AvgIpc) is 2.47. The van der Waals surface area contributed by atoms with Crippen LogP contribution in [0.5, 0.6) is 5.75 Å². The fourth-order valence-corrected chi connectivity index (χ4v) is 1.57. The average molecular weight is 270 g/mol. The molecule has 0 aliphatic carbocycles. The number of benzene rings is 2. The summed E-state index contributed by atoms with van der Waals surface area (Å²) in [4.78, 5) is 0. The molecule has 0 spiro atoms. The van der Waals surface area contributed by atoms with Crippen LogP contribution in [0.25, 0.3) is 0 Å². The van der Waals surface area contributed by atoms with Crippen molar-refractivity contribution in [1.82, 2.24) is 0 Å². The van der Waals surface area contributed by atoms with Crippen molar-refractivity contribution in [3.05, 3.63) is 65.5 Å². The molecule has 0 saturated carbocycles. The summed E-state index contributed by atoms with van der Waals surface area (Å²) in [6.07, 6.45) is 3.22. The smallest absolute Gasteiger partial charge is 0.123 e. The molecule has 0 aliphatic heterocycles. The Bertz CT molecular complexity index is 589. The topological polar surface area (TPSA) is 34.0 Å². The van der Waals surface area contributed by atoms with Crippen LogP contribution < -0.4 is 4.74 Å². The van der Waals surface area contributed by atoms with Gasteiger partial charge in [-0.1, -0.05) is 12.1 Å². The zero-order chi connectivity index (χ0) is 14.2. The van der Waals surface area contributed by atoms with E-state index in [2.05, 4.69) is 10.2 Å². The minimum absolute atomic E-state index is 0.264. The van der Waals surface area contributed by atoms with Crippen LogP contribution in [-0.2, 0) is 0 Å². The molecule has 0 atom stereocenters. The maximum atomic E-state index is 12.7. The molecular formula is C16H15FN2O. The van der Waals surface area contributed by atoms with Gasteiger partial charge in [0, 0.05) is 0 Å². The van der Waals surface area contributed by atoms with Gasteiger partial charge in [-0.15, -0.1) is 0 Å². The Hall–Kier alpha value is -2.49. The molecular weight excluding hydrogens is 255 g/mol. The molecule has 102 valence electrons. The predicted molar refractivity (Wildman–Crippen MR) is 79.2 cm³/mol. The van der Waals surface area contributed by atoms with Crippen molar-refractivity contribution in [2.45, 2.75) is 6.92 Å². The van der Waals surface area contributed by atoms with E-state index in [9.17, 15) is 4.39 Å². The van der Waals surface area contributed by atoms with E-state index in [0.29, 0.717) is 6.61 Å². The van der Waals surface area contributed by atoms with Crippen molar-refractivity contribution in [3.8, 4) is 5.75 Å². The first-order valence-corrected chi connectivity index (χ1v) is 6.33. The summed E-state index contributed by atoms with van der Waals surface area (Å²) < 4.78 is 18.0. The highest BCUT2D eigenvalue weighted by atomic mass is 19.1. The molecule has 2 aromatic rings. The molecule has 0 heterocycles. The summed E-state index contributed by atoms with van der Waals surface area (Å²) >= 11 is 0. The lowest BCUT2D eigenvalue weighted by atomic mass is 10.2. The largest absolute Gasteiger partial charge is 0.494 e. The second-order valence-electron chi connectivity index (χ2n) is 4.04. The summed E-state index contributed by atoms with van der Waals surface area (Å²) in [6.45, 7) is 2.59. The summed E-state index contributed by atoms with van der Waals surface area (Å²) in [5.74, 6) is 0.569. The maximum absolute atomic E-state index is 12.7. The highest BCUT2D eigenvalue weighted by Crippen LogP contribution is 2.10. The van der Waals surface area contributed by atoms with Gasteiger partial charge in [0.15, 0.2) is 0 Å². The normalized spacial score (nSPS) is 11.3. The summed E-state index contributed by atoms with van der Waals surface area (Å²) in [5.41, 5.74) is 1.74. The van der Waals surface area contributed by atoms with Crippen molar-refractivity contribution in [3.63, 3.8) is 0 Å². The number of hydrogen-bond acceptors (Lipinski definition) is 3. The van der Waals surface area contributed by atoms with Gasteiger partial charge in [-0.2, -0.15) is 10.2 Å². The van der Waals surface area contributed by atoms with Crippen LogP contribution in [0.1, 0.15) is 18.1 Å². The molecule has 3 nitrogen and oxygen atoms in total. The minimum Gasteiger partial charge on any atom is -0.494 e. The van der Waals surface area contributed by atoms with E-state index >= 15 is 0 Å². The van der Waals surface area contributed by atoms with Gasteiger partial charge in [0.1, 0.15) is 11.6 Å². The third-order valence-electron chi connectivity index (χ3n) is 2.54. The Labute approximate surface area is 117 Å². The highest BCUT2D eigenvalue weighted by molar-refractivity contribution is 5.82. The van der Waals surface area contributed by atoms with Gasteiger partial charge in [-0.3, -0.25) is 0 Å². The molecule has 0 amide bonds. The number of rotatable bonds is 5. The first-order valence-electron chi connectivity index (χ1n) is 6.33. The molecule has 0 saturated heterocycles. The van der Waals surface area contributed by atoms with Gasteiger partial charge in [-0.05, 0) is 54.4 Å². The van der Waals surface area contributed by atoms with Crippen LogP contribution in [0.4, 0.5) is 4.39 Å². The molecule has 0 fully saturated rings. The number of ether oxygens (including phenoxy) is 1. The van der Waals surface area contributed by atoms with Gasteiger partial charge < -0.3 is 4.74 Å². The molecule has 0 aromatic heterocycles. The third kappa shape index (κ3) is 4.31. The van der Waals surface area contributed by atoms with Crippen molar-refractivity contribution >= 4 is 12.4 Å². The van der Waals surface area contributed by atoms with Crippen molar-refractivity contribution in [2.24, 2.45) is 10.2 Å². The van der Waals surface area contributed by atoms with E-state index < -0.39 is 0 Å². The van der Waals surface area contributed by atoms with Gasteiger partial charge in [0.05, 0.1) is 19.0 Å². The van der Waals surface area contributed by atoms with E-state index in [0.717, 1.165) is 16.9 Å². The standard InChI is InChI=1S/C16H15FN2O/c1-2-20-16-9-5-14(6-10-16)12-19-18-11-13-3-7-15(17)8-4-13/h3-12H,2H2,1H3. The van der Waals surface area contributed by atoms with Gasteiger partial charge in [0.2, 0.25) is 0 Å². The minimum atomic E-state index is -0.264. The number of nitrogens with zero attached hydrogens (tertiary/aromatic N) is 2. The van der Waals surface area contributed by atoms with Crippen LogP contribution in [0.15, 0.2) is 58.7 Å². The molecule has 0 aliphatic rings. The zero-order valence-electron chi connectivity index (χ0n) is 11.2. The van der Waals surface area contributed by atoms with Gasteiger partial charge in [-0.25, -0.2) is 4.39 Å². The third-order valence-corrected chi connectivity index (χ3v) is 2.54. The monoisotopic (exact) mass is 270 g/mol. The Morgan fingerprint density at radius 2 is 1.40 bits per heavy atom. The Morgan fingerprint density at radius 3 is 1.90 bits per heavy atom. The van der Waals surface area contributed by atoms with Gasteiger partial charge >= 0.3 is 0 Å². The molecule has 4 heteroatoms. The second-order valence-corrected chi connectivity index (χ2v) is 4.04. The van der Waals surface area contributed by atoms with Gasteiger partial charge in [0.25, 0.3) is 0 Å².